The van der Waals surface area contributed by atoms with E-state index in [9.17, 15) is 4.79 Å². The SMILES string of the molecule is CCC.Cc1ccccc1.O=C(c1ccccc1)c1ccccc1. The summed E-state index contributed by atoms with van der Waals surface area (Å²) in [5, 5.41) is 0. The second-order valence-electron chi connectivity index (χ2n) is 5.42. The molecule has 3 aromatic carbocycles. The molecule has 0 fully saturated rings. The van der Waals surface area contributed by atoms with E-state index in [4.69, 9.17) is 0 Å². The number of aryl methyl sites for hydroxylation is 1. The van der Waals surface area contributed by atoms with Crippen LogP contribution in [-0.4, -0.2) is 5.78 Å². The van der Waals surface area contributed by atoms with Gasteiger partial charge in [-0.3, -0.25) is 4.79 Å². The monoisotopic (exact) mass is 318 g/mol. The lowest BCUT2D eigenvalue weighted by atomic mass is 10.0. The Hall–Kier alpha value is -2.67. The first kappa shape index (κ1) is 19.4. The number of ketones is 1. The molecular weight excluding hydrogens is 292 g/mol. The molecular formula is C23H26O. The van der Waals surface area contributed by atoms with Gasteiger partial charge in [-0.15, -0.1) is 0 Å². The second kappa shape index (κ2) is 11.8. The van der Waals surface area contributed by atoms with Gasteiger partial charge >= 0.3 is 0 Å². The van der Waals surface area contributed by atoms with Crippen LogP contribution in [-0.2, 0) is 0 Å². The van der Waals surface area contributed by atoms with Crippen LogP contribution in [0.25, 0.3) is 0 Å². The molecule has 0 aromatic heterocycles. The van der Waals surface area contributed by atoms with E-state index in [1.165, 1.54) is 12.0 Å². The van der Waals surface area contributed by atoms with Crippen LogP contribution in [0.3, 0.4) is 0 Å². The van der Waals surface area contributed by atoms with Gasteiger partial charge in [0.25, 0.3) is 0 Å². The van der Waals surface area contributed by atoms with Crippen LogP contribution in [0.5, 0.6) is 0 Å². The fourth-order valence-corrected chi connectivity index (χ4v) is 1.88. The van der Waals surface area contributed by atoms with Gasteiger partial charge in [-0.2, -0.15) is 0 Å². The van der Waals surface area contributed by atoms with Gasteiger partial charge in [-0.05, 0) is 6.92 Å². The molecule has 0 heterocycles. The van der Waals surface area contributed by atoms with Crippen LogP contribution >= 0.6 is 0 Å². The topological polar surface area (TPSA) is 17.1 Å². The zero-order valence-corrected chi connectivity index (χ0v) is 14.8. The summed E-state index contributed by atoms with van der Waals surface area (Å²) in [6.45, 7) is 6.33. The average molecular weight is 318 g/mol. The molecule has 0 saturated heterocycles. The first-order chi connectivity index (χ1) is 11.7. The minimum absolute atomic E-state index is 0.0752. The van der Waals surface area contributed by atoms with E-state index in [-0.39, 0.29) is 5.78 Å². The molecule has 0 bridgehead atoms. The predicted molar refractivity (Wildman–Crippen MR) is 103 cm³/mol. The molecule has 124 valence electrons. The Balaban J connectivity index is 0.000000241. The zero-order chi connectivity index (χ0) is 17.6. The molecule has 0 N–H and O–H groups in total. The largest absolute Gasteiger partial charge is 0.289 e. The lowest BCUT2D eigenvalue weighted by Crippen LogP contribution is -1.99. The molecule has 0 atom stereocenters. The van der Waals surface area contributed by atoms with Crippen LogP contribution in [0.1, 0.15) is 41.8 Å². The Morgan fingerprint density at radius 1 is 0.625 bits per heavy atom. The first-order valence-corrected chi connectivity index (χ1v) is 8.35. The van der Waals surface area contributed by atoms with E-state index < -0.39 is 0 Å². The van der Waals surface area contributed by atoms with Gasteiger partial charge in [0, 0.05) is 11.1 Å². The summed E-state index contributed by atoms with van der Waals surface area (Å²) in [5.74, 6) is 0.0752. The number of hydrogen-bond acceptors (Lipinski definition) is 1. The molecule has 0 spiro atoms. The Labute approximate surface area is 146 Å². The molecule has 0 aliphatic heterocycles. The van der Waals surface area contributed by atoms with Crippen LogP contribution < -0.4 is 0 Å². The van der Waals surface area contributed by atoms with Crippen molar-refractivity contribution in [1.82, 2.24) is 0 Å². The number of hydrogen-bond donors (Lipinski definition) is 0. The smallest absolute Gasteiger partial charge is 0.193 e. The van der Waals surface area contributed by atoms with Gasteiger partial charge in [0.15, 0.2) is 5.78 Å². The van der Waals surface area contributed by atoms with Gasteiger partial charge in [0.2, 0.25) is 0 Å². The molecule has 0 aliphatic rings. The van der Waals surface area contributed by atoms with E-state index in [0.29, 0.717) is 0 Å². The third-order valence-corrected chi connectivity index (χ3v) is 3.01. The van der Waals surface area contributed by atoms with Crippen molar-refractivity contribution in [2.75, 3.05) is 0 Å². The van der Waals surface area contributed by atoms with E-state index in [1.807, 2.05) is 78.9 Å². The van der Waals surface area contributed by atoms with Gasteiger partial charge in [0.1, 0.15) is 0 Å². The summed E-state index contributed by atoms with van der Waals surface area (Å²) in [7, 11) is 0. The lowest BCUT2D eigenvalue weighted by Gasteiger charge is -1.99. The minimum Gasteiger partial charge on any atom is -0.289 e. The third kappa shape index (κ3) is 7.55. The van der Waals surface area contributed by atoms with Crippen molar-refractivity contribution in [2.45, 2.75) is 27.2 Å². The van der Waals surface area contributed by atoms with E-state index >= 15 is 0 Å². The standard InChI is InChI=1S/C13H10O.C7H8.C3H8/c14-13(11-7-3-1-4-8-11)12-9-5-2-6-10-12;1-7-5-3-2-4-6-7;1-3-2/h1-10H;2-6H,1H3;3H2,1-2H3. The van der Waals surface area contributed by atoms with Crippen molar-refractivity contribution in [3.05, 3.63) is 108 Å². The van der Waals surface area contributed by atoms with Crippen LogP contribution in [0.4, 0.5) is 0 Å². The van der Waals surface area contributed by atoms with Crippen LogP contribution in [0.2, 0.25) is 0 Å². The molecule has 0 amide bonds. The van der Waals surface area contributed by atoms with Crippen molar-refractivity contribution in [3.8, 4) is 0 Å². The van der Waals surface area contributed by atoms with E-state index in [2.05, 4.69) is 32.9 Å². The Bertz CT molecular complexity index is 632. The molecule has 1 nitrogen and oxygen atoms in total. The molecule has 0 aliphatic carbocycles. The number of benzene rings is 3. The number of carbonyl (C=O) groups is 1. The maximum Gasteiger partial charge on any atom is 0.193 e. The van der Waals surface area contributed by atoms with E-state index in [0.717, 1.165) is 11.1 Å². The average Bonchev–Trinajstić information content (AvgIpc) is 2.64. The zero-order valence-electron chi connectivity index (χ0n) is 14.8. The van der Waals surface area contributed by atoms with Crippen molar-refractivity contribution >= 4 is 5.78 Å². The Kier molecular flexibility index (Phi) is 9.56. The summed E-state index contributed by atoms with van der Waals surface area (Å²) < 4.78 is 0. The fourth-order valence-electron chi connectivity index (χ4n) is 1.88. The summed E-state index contributed by atoms with van der Waals surface area (Å²) >= 11 is 0. The highest BCUT2D eigenvalue weighted by Crippen LogP contribution is 2.08. The summed E-state index contributed by atoms with van der Waals surface area (Å²) in [4.78, 5) is 11.8. The molecule has 24 heavy (non-hydrogen) atoms. The van der Waals surface area contributed by atoms with Crippen molar-refractivity contribution in [1.29, 1.82) is 0 Å². The fraction of sp³-hybridized carbons (Fsp3) is 0.174. The molecule has 3 aromatic rings. The molecule has 0 unspecified atom stereocenters. The van der Waals surface area contributed by atoms with Crippen LogP contribution in [0, 0.1) is 6.92 Å². The lowest BCUT2D eigenvalue weighted by molar-refractivity contribution is 0.103. The first-order valence-electron chi connectivity index (χ1n) is 8.35. The molecule has 0 saturated carbocycles. The minimum atomic E-state index is 0.0752. The van der Waals surface area contributed by atoms with Crippen LogP contribution in [0.15, 0.2) is 91.0 Å². The molecule has 3 rings (SSSR count). The van der Waals surface area contributed by atoms with Gasteiger partial charge in [0.05, 0.1) is 0 Å². The highest BCUT2D eigenvalue weighted by Gasteiger charge is 2.06. The van der Waals surface area contributed by atoms with E-state index in [1.54, 1.807) is 0 Å². The highest BCUT2D eigenvalue weighted by atomic mass is 16.1. The maximum absolute atomic E-state index is 11.8. The summed E-state index contributed by atoms with van der Waals surface area (Å²) in [5.41, 5.74) is 2.79. The van der Waals surface area contributed by atoms with Gasteiger partial charge in [-0.1, -0.05) is 117 Å². The maximum atomic E-state index is 11.8. The summed E-state index contributed by atoms with van der Waals surface area (Å²) in [6, 6.07) is 28.9. The summed E-state index contributed by atoms with van der Waals surface area (Å²) in [6.07, 6.45) is 1.25. The number of carbonyl (C=O) groups excluding carboxylic acids is 1. The Morgan fingerprint density at radius 3 is 1.17 bits per heavy atom. The third-order valence-electron chi connectivity index (χ3n) is 3.01. The highest BCUT2D eigenvalue weighted by molar-refractivity contribution is 6.08. The molecule has 0 radical (unpaired) electrons. The van der Waals surface area contributed by atoms with Crippen molar-refractivity contribution in [3.63, 3.8) is 0 Å². The van der Waals surface area contributed by atoms with Gasteiger partial charge in [-0.25, -0.2) is 0 Å². The van der Waals surface area contributed by atoms with Crippen molar-refractivity contribution in [2.24, 2.45) is 0 Å². The van der Waals surface area contributed by atoms with Gasteiger partial charge < -0.3 is 0 Å². The second-order valence-corrected chi connectivity index (χ2v) is 5.42. The Morgan fingerprint density at radius 2 is 0.917 bits per heavy atom. The molecule has 1 heteroatoms. The van der Waals surface area contributed by atoms with Crippen molar-refractivity contribution < 1.29 is 4.79 Å². The normalized spacial score (nSPS) is 8.96. The number of rotatable bonds is 2. The predicted octanol–water partition coefficient (Wildman–Crippen LogP) is 6.33. The quantitative estimate of drug-likeness (QED) is 0.505.